The number of hydrogen-bond acceptors (Lipinski definition) is 4. The van der Waals surface area contributed by atoms with Crippen LogP contribution in [-0.2, 0) is 13.0 Å². The van der Waals surface area contributed by atoms with Crippen LogP contribution in [0.5, 0.6) is 5.75 Å². The minimum absolute atomic E-state index is 0.175. The highest BCUT2D eigenvalue weighted by atomic mass is 35.5. The van der Waals surface area contributed by atoms with Crippen molar-refractivity contribution in [1.29, 1.82) is 0 Å². The van der Waals surface area contributed by atoms with Crippen LogP contribution in [0.2, 0.25) is 5.02 Å². The summed E-state index contributed by atoms with van der Waals surface area (Å²) < 4.78 is 5.37. The van der Waals surface area contributed by atoms with Gasteiger partial charge in [0.1, 0.15) is 5.75 Å². The first-order valence-electron chi connectivity index (χ1n) is 9.49. The maximum Gasteiger partial charge on any atom is 0.319 e. The van der Waals surface area contributed by atoms with Crippen LogP contribution in [0.3, 0.4) is 0 Å². The van der Waals surface area contributed by atoms with Gasteiger partial charge in [-0.05, 0) is 42.7 Å². The summed E-state index contributed by atoms with van der Waals surface area (Å²) in [5.41, 5.74) is 3.24. The molecule has 1 atom stereocenters. The van der Waals surface area contributed by atoms with Crippen LogP contribution in [0.15, 0.2) is 42.5 Å². The summed E-state index contributed by atoms with van der Waals surface area (Å²) in [6, 6.07) is 13.1. The first-order chi connectivity index (χ1) is 13.5. The van der Waals surface area contributed by atoms with E-state index in [4.69, 9.17) is 16.3 Å². The van der Waals surface area contributed by atoms with E-state index in [0.29, 0.717) is 29.6 Å². The van der Waals surface area contributed by atoms with Gasteiger partial charge in [0.2, 0.25) is 0 Å². The molecule has 3 N–H and O–H groups in total. The van der Waals surface area contributed by atoms with Gasteiger partial charge < -0.3 is 20.5 Å². The highest BCUT2D eigenvalue weighted by molar-refractivity contribution is 6.32. The monoisotopic (exact) mass is 403 g/mol. The fourth-order valence-corrected chi connectivity index (χ4v) is 3.54. The molecule has 0 saturated heterocycles. The van der Waals surface area contributed by atoms with Gasteiger partial charge in [0, 0.05) is 31.9 Å². The minimum atomic E-state index is -0.639. The summed E-state index contributed by atoms with van der Waals surface area (Å²) in [6.07, 6.45) is 0.343. The second-order valence-corrected chi connectivity index (χ2v) is 7.23. The number of rotatable bonds is 7. The smallest absolute Gasteiger partial charge is 0.319 e. The molecule has 0 saturated carbocycles. The first-order valence-corrected chi connectivity index (χ1v) is 9.87. The van der Waals surface area contributed by atoms with E-state index in [1.54, 1.807) is 18.2 Å². The number of fused-ring (bicyclic) bond motifs is 1. The molecule has 6 nitrogen and oxygen atoms in total. The normalized spacial score (nSPS) is 14.8. The Hall–Kier alpha value is -2.28. The Morgan fingerprint density at radius 2 is 2.07 bits per heavy atom. The third-order valence-electron chi connectivity index (χ3n) is 4.67. The Morgan fingerprint density at radius 3 is 2.82 bits per heavy atom. The lowest BCUT2D eigenvalue weighted by molar-refractivity contribution is 0.106. The number of halogens is 1. The number of urea groups is 1. The van der Waals surface area contributed by atoms with Gasteiger partial charge in [0.05, 0.1) is 17.7 Å². The molecule has 28 heavy (non-hydrogen) atoms. The molecule has 2 aromatic rings. The number of aliphatic hydroxyl groups is 1. The van der Waals surface area contributed by atoms with Gasteiger partial charge in [-0.3, -0.25) is 4.90 Å². The predicted octanol–water partition coefficient (Wildman–Crippen LogP) is 3.28. The maximum atomic E-state index is 12.1. The van der Waals surface area contributed by atoms with Crippen molar-refractivity contribution < 1.29 is 14.6 Å². The van der Waals surface area contributed by atoms with Crippen LogP contribution in [0, 0.1) is 0 Å². The van der Waals surface area contributed by atoms with Crippen molar-refractivity contribution in [2.24, 2.45) is 0 Å². The zero-order valence-electron chi connectivity index (χ0n) is 16.0. The number of nitrogens with one attached hydrogen (secondary N) is 2. The van der Waals surface area contributed by atoms with Crippen molar-refractivity contribution in [1.82, 2.24) is 10.2 Å². The molecule has 1 unspecified atom stereocenters. The lowest BCUT2D eigenvalue weighted by Gasteiger charge is -2.30. The predicted molar refractivity (Wildman–Crippen MR) is 111 cm³/mol. The fraction of sp³-hybridized carbons (Fsp3) is 0.381. The van der Waals surface area contributed by atoms with Crippen LogP contribution >= 0.6 is 11.6 Å². The number of ether oxygens (including phenoxy) is 1. The van der Waals surface area contributed by atoms with E-state index >= 15 is 0 Å². The number of amides is 2. The number of benzene rings is 2. The van der Waals surface area contributed by atoms with E-state index < -0.39 is 6.10 Å². The summed E-state index contributed by atoms with van der Waals surface area (Å²) in [4.78, 5) is 14.3. The molecular weight excluding hydrogens is 378 g/mol. The standard InChI is InChI=1S/C21H26ClN3O3/c1-2-28-20-8-7-17(11-19(20)22)24-21(27)23-12-18(26)14-25-10-9-15-5-3-4-6-16(15)13-25/h3-8,11,18,26H,2,9-10,12-14H2,1H3,(H2,23,24,27). The summed E-state index contributed by atoms with van der Waals surface area (Å²) in [6.45, 7) is 4.82. The van der Waals surface area contributed by atoms with Gasteiger partial charge >= 0.3 is 6.03 Å². The Bertz CT molecular complexity index is 815. The van der Waals surface area contributed by atoms with Crippen molar-refractivity contribution in [3.05, 3.63) is 58.6 Å². The Labute approximate surface area is 170 Å². The van der Waals surface area contributed by atoms with Crippen molar-refractivity contribution in [3.8, 4) is 5.75 Å². The second kappa shape index (κ2) is 9.78. The van der Waals surface area contributed by atoms with E-state index in [9.17, 15) is 9.90 Å². The average molecular weight is 404 g/mol. The molecule has 1 heterocycles. The van der Waals surface area contributed by atoms with E-state index in [0.717, 1.165) is 19.5 Å². The second-order valence-electron chi connectivity index (χ2n) is 6.82. The molecule has 0 bridgehead atoms. The molecule has 2 amide bonds. The number of aliphatic hydroxyl groups excluding tert-OH is 1. The quantitative estimate of drug-likeness (QED) is 0.663. The van der Waals surface area contributed by atoms with E-state index in [2.05, 4.69) is 33.7 Å². The zero-order chi connectivity index (χ0) is 19.9. The van der Waals surface area contributed by atoms with E-state index in [1.165, 1.54) is 11.1 Å². The summed E-state index contributed by atoms with van der Waals surface area (Å²) in [5.74, 6) is 0.577. The minimum Gasteiger partial charge on any atom is -0.492 e. The number of nitrogens with zero attached hydrogens (tertiary/aromatic N) is 1. The summed E-state index contributed by atoms with van der Waals surface area (Å²) in [5, 5.41) is 16.1. The Morgan fingerprint density at radius 1 is 1.29 bits per heavy atom. The van der Waals surface area contributed by atoms with Gasteiger partial charge in [-0.25, -0.2) is 4.79 Å². The van der Waals surface area contributed by atoms with E-state index in [-0.39, 0.29) is 12.6 Å². The van der Waals surface area contributed by atoms with Crippen molar-refractivity contribution in [3.63, 3.8) is 0 Å². The maximum absolute atomic E-state index is 12.1. The summed E-state index contributed by atoms with van der Waals surface area (Å²) in [7, 11) is 0. The van der Waals surface area contributed by atoms with E-state index in [1.807, 2.05) is 13.0 Å². The molecule has 0 radical (unpaired) electrons. The Balaban J connectivity index is 1.43. The molecule has 0 fully saturated rings. The van der Waals surface area contributed by atoms with Gasteiger partial charge in [-0.15, -0.1) is 0 Å². The number of β-amino-alcohol motifs (C(OH)–C–C–N with tert-alkyl or cyclic N) is 1. The molecule has 3 rings (SSSR count). The molecule has 0 aromatic heterocycles. The number of hydrogen-bond donors (Lipinski definition) is 3. The average Bonchev–Trinajstić information content (AvgIpc) is 2.68. The molecule has 1 aliphatic heterocycles. The van der Waals surface area contributed by atoms with Crippen molar-refractivity contribution >= 4 is 23.3 Å². The molecule has 0 spiro atoms. The van der Waals surface area contributed by atoms with Crippen LogP contribution in [0.1, 0.15) is 18.1 Å². The third-order valence-corrected chi connectivity index (χ3v) is 4.96. The van der Waals surface area contributed by atoms with Crippen LogP contribution < -0.4 is 15.4 Å². The van der Waals surface area contributed by atoms with Crippen LogP contribution in [0.25, 0.3) is 0 Å². The molecule has 2 aromatic carbocycles. The molecule has 7 heteroatoms. The van der Waals surface area contributed by atoms with Crippen LogP contribution in [0.4, 0.5) is 10.5 Å². The highest BCUT2D eigenvalue weighted by Crippen LogP contribution is 2.27. The lowest BCUT2D eigenvalue weighted by atomic mass is 10.00. The van der Waals surface area contributed by atoms with Gasteiger partial charge in [0.25, 0.3) is 0 Å². The fourth-order valence-electron chi connectivity index (χ4n) is 3.31. The lowest BCUT2D eigenvalue weighted by Crippen LogP contribution is -2.42. The first kappa shape index (κ1) is 20.5. The molecule has 150 valence electrons. The summed E-state index contributed by atoms with van der Waals surface area (Å²) >= 11 is 6.12. The molecular formula is C21H26ClN3O3. The SMILES string of the molecule is CCOc1ccc(NC(=O)NCC(O)CN2CCc3ccccc3C2)cc1Cl. The zero-order valence-corrected chi connectivity index (χ0v) is 16.7. The Kier molecular flexibility index (Phi) is 7.14. The number of anilines is 1. The van der Waals surface area contributed by atoms with Crippen molar-refractivity contribution in [2.45, 2.75) is 26.0 Å². The van der Waals surface area contributed by atoms with Gasteiger partial charge in [-0.2, -0.15) is 0 Å². The third kappa shape index (κ3) is 5.61. The van der Waals surface area contributed by atoms with Crippen LogP contribution in [-0.4, -0.2) is 48.4 Å². The molecule has 1 aliphatic rings. The van der Waals surface area contributed by atoms with Gasteiger partial charge in [0.15, 0.2) is 0 Å². The highest BCUT2D eigenvalue weighted by Gasteiger charge is 2.18. The number of carbonyl (C=O) groups excluding carboxylic acids is 1. The van der Waals surface area contributed by atoms with Gasteiger partial charge in [-0.1, -0.05) is 35.9 Å². The molecule has 0 aliphatic carbocycles. The van der Waals surface area contributed by atoms with Crippen molar-refractivity contribution in [2.75, 3.05) is 31.6 Å². The largest absolute Gasteiger partial charge is 0.492 e. The number of carbonyl (C=O) groups is 1. The topological polar surface area (TPSA) is 73.8 Å².